The van der Waals surface area contributed by atoms with Gasteiger partial charge in [-0.15, -0.1) is 0 Å². The van der Waals surface area contributed by atoms with Gasteiger partial charge in [0, 0.05) is 0 Å². The molecule has 0 saturated carbocycles. The average molecular weight is 434 g/mol. The van der Waals surface area contributed by atoms with Gasteiger partial charge in [-0.3, -0.25) is 0 Å². The van der Waals surface area contributed by atoms with Crippen LogP contribution in [0, 0.1) is 12.3 Å². The van der Waals surface area contributed by atoms with Crippen molar-refractivity contribution in [1.29, 1.82) is 0 Å². The zero-order valence-corrected chi connectivity index (χ0v) is 19.3. The molecule has 0 heterocycles. The Morgan fingerprint density at radius 1 is 1.16 bits per heavy atom. The summed E-state index contributed by atoms with van der Waals surface area (Å²) in [4.78, 5) is 2.55. The first-order valence-corrected chi connectivity index (χ1v) is 21.3. The number of benzene rings is 1. The van der Waals surface area contributed by atoms with E-state index in [1.54, 1.807) is 4.41 Å². The Kier molecular flexibility index (Phi) is 11.0. The van der Waals surface area contributed by atoms with Gasteiger partial charge in [-0.05, 0) is 0 Å². The fourth-order valence-electron chi connectivity index (χ4n) is 1.62. The molecule has 0 fully saturated rings. The molecule has 0 aliphatic heterocycles. The van der Waals surface area contributed by atoms with E-state index in [1.165, 1.54) is 5.56 Å². The van der Waals surface area contributed by atoms with Crippen LogP contribution in [0.2, 0.25) is 34.5 Å². The van der Waals surface area contributed by atoms with Crippen LogP contribution in [0.25, 0.3) is 4.41 Å². The summed E-state index contributed by atoms with van der Waals surface area (Å²) >= 11 is -1.50. The Labute approximate surface area is 135 Å². The summed E-state index contributed by atoms with van der Waals surface area (Å²) in [5, 5.41) is 0. The standard InChI is InChI=1S/C14H18Ge2.C2H6Ge/c1-6-12-9-7-8-10-13(12)14(16(4)5)11-15(2)3;1-3-2/h1,7-11H,2-5H3;1-2H3/b14-11-;. The van der Waals surface area contributed by atoms with Gasteiger partial charge in [0.05, 0.1) is 0 Å². The predicted molar refractivity (Wildman–Crippen MR) is 94.8 cm³/mol. The maximum absolute atomic E-state index is 5.57. The van der Waals surface area contributed by atoms with Crippen LogP contribution in [-0.2, 0) is 0 Å². The maximum atomic E-state index is 5.57. The van der Waals surface area contributed by atoms with Crippen LogP contribution < -0.4 is 0 Å². The van der Waals surface area contributed by atoms with Gasteiger partial charge in [-0.1, -0.05) is 0 Å². The van der Waals surface area contributed by atoms with Crippen LogP contribution in [0.3, 0.4) is 0 Å². The van der Waals surface area contributed by atoms with E-state index in [0.717, 1.165) is 5.56 Å². The van der Waals surface area contributed by atoms with E-state index in [1.807, 2.05) is 6.07 Å². The number of rotatable bonds is 3. The van der Waals surface area contributed by atoms with Crippen molar-refractivity contribution < 1.29 is 0 Å². The summed E-state index contributed by atoms with van der Waals surface area (Å²) in [7, 11) is 0. The van der Waals surface area contributed by atoms with Crippen LogP contribution in [0.1, 0.15) is 11.1 Å². The van der Waals surface area contributed by atoms with E-state index in [2.05, 4.69) is 63.6 Å². The van der Waals surface area contributed by atoms with Crippen LogP contribution in [0.5, 0.6) is 0 Å². The van der Waals surface area contributed by atoms with Crippen LogP contribution in [-0.4, -0.2) is 44.1 Å². The van der Waals surface area contributed by atoms with E-state index < -0.39 is 28.7 Å². The summed E-state index contributed by atoms with van der Waals surface area (Å²) in [6.07, 6.45) is 5.57. The van der Waals surface area contributed by atoms with E-state index in [4.69, 9.17) is 6.42 Å². The molecule has 0 aliphatic carbocycles. The summed E-state index contributed by atoms with van der Waals surface area (Å²) in [5.41, 5.74) is 2.38. The SMILES string of the molecule is C#Cc1ccccc1/[C](=[CH]/[Ge]([CH3])[CH3])[Ge]([CH3])[CH3].[CH3][Ge][CH3]. The minimum absolute atomic E-state index is 0.500. The predicted octanol–water partition coefficient (Wildman–Crippen LogP) is 4.43. The molecule has 0 saturated heterocycles. The first kappa shape index (κ1) is 19.1. The van der Waals surface area contributed by atoms with E-state index >= 15 is 0 Å². The molecule has 0 unspecified atom stereocenters. The molecular formula is C16H24Ge3. The Hall–Kier alpha value is 0.149. The quantitative estimate of drug-likeness (QED) is 0.488. The van der Waals surface area contributed by atoms with E-state index in [9.17, 15) is 0 Å². The Bertz CT molecular complexity index is 440. The molecular weight excluding hydrogens is 410 g/mol. The second-order valence-corrected chi connectivity index (χ2v) is 17.4. The first-order chi connectivity index (χ1) is 8.97. The molecule has 1 aromatic carbocycles. The second kappa shape index (κ2) is 10.9. The molecule has 0 atom stereocenters. The van der Waals surface area contributed by atoms with Crippen molar-refractivity contribution in [3.63, 3.8) is 0 Å². The van der Waals surface area contributed by atoms with Crippen molar-refractivity contribution in [3.05, 3.63) is 40.3 Å². The van der Waals surface area contributed by atoms with Gasteiger partial charge >= 0.3 is 136 Å². The number of terminal acetylenes is 1. The fourth-order valence-corrected chi connectivity index (χ4v) is 11.6. The second-order valence-electron chi connectivity index (χ2n) is 4.83. The van der Waals surface area contributed by atoms with Crippen LogP contribution in [0.4, 0.5) is 0 Å². The summed E-state index contributed by atoms with van der Waals surface area (Å²) < 4.78 is 1.59. The van der Waals surface area contributed by atoms with Crippen molar-refractivity contribution >= 4 is 48.5 Å². The molecule has 4 radical (unpaired) electrons. The van der Waals surface area contributed by atoms with Crippen molar-refractivity contribution in [3.8, 4) is 12.3 Å². The van der Waals surface area contributed by atoms with Crippen molar-refractivity contribution in [2.45, 2.75) is 34.5 Å². The summed E-state index contributed by atoms with van der Waals surface area (Å²) in [5.74, 6) is 16.9. The monoisotopic (exact) mass is 438 g/mol. The molecule has 0 aliphatic rings. The third-order valence-electron chi connectivity index (χ3n) is 2.34. The zero-order chi connectivity index (χ0) is 14.8. The van der Waals surface area contributed by atoms with Crippen LogP contribution >= 0.6 is 0 Å². The third kappa shape index (κ3) is 7.48. The Morgan fingerprint density at radius 3 is 2.11 bits per heavy atom. The average Bonchev–Trinajstić information content (AvgIpc) is 2.36. The van der Waals surface area contributed by atoms with Crippen LogP contribution in [0.15, 0.2) is 29.2 Å². The molecule has 0 amide bonds. The first-order valence-electron chi connectivity index (χ1n) is 6.44. The topological polar surface area (TPSA) is 0 Å². The molecule has 1 rings (SSSR count). The van der Waals surface area contributed by atoms with Gasteiger partial charge in [0.1, 0.15) is 0 Å². The third-order valence-corrected chi connectivity index (χ3v) is 8.56. The van der Waals surface area contributed by atoms with E-state index in [0.29, 0.717) is 15.4 Å². The molecule has 0 bridgehead atoms. The van der Waals surface area contributed by atoms with Crippen molar-refractivity contribution in [1.82, 2.24) is 0 Å². The van der Waals surface area contributed by atoms with Gasteiger partial charge in [-0.25, -0.2) is 0 Å². The Balaban J connectivity index is 0.000000982. The van der Waals surface area contributed by atoms with Crippen molar-refractivity contribution in [2.75, 3.05) is 0 Å². The molecule has 0 aromatic heterocycles. The normalized spacial score (nSPS) is 11.0. The molecule has 1 aromatic rings. The van der Waals surface area contributed by atoms with Gasteiger partial charge in [-0.2, -0.15) is 0 Å². The molecule has 0 N–H and O–H groups in total. The number of hydrogen-bond donors (Lipinski definition) is 0. The van der Waals surface area contributed by atoms with Gasteiger partial charge in [0.2, 0.25) is 0 Å². The van der Waals surface area contributed by atoms with Crippen molar-refractivity contribution in [2.24, 2.45) is 0 Å². The van der Waals surface area contributed by atoms with E-state index in [-0.39, 0.29) is 0 Å². The fraction of sp³-hybridized carbons (Fsp3) is 0.375. The van der Waals surface area contributed by atoms with Gasteiger partial charge in [0.25, 0.3) is 0 Å². The van der Waals surface area contributed by atoms with Gasteiger partial charge < -0.3 is 0 Å². The summed E-state index contributed by atoms with van der Waals surface area (Å²) in [6, 6.07) is 8.35. The Morgan fingerprint density at radius 2 is 1.68 bits per heavy atom. The molecule has 19 heavy (non-hydrogen) atoms. The molecule has 0 spiro atoms. The molecule has 100 valence electrons. The zero-order valence-electron chi connectivity index (χ0n) is 13.0. The van der Waals surface area contributed by atoms with Gasteiger partial charge in [0.15, 0.2) is 0 Å². The summed E-state index contributed by atoms with van der Waals surface area (Å²) in [6.45, 7) is 0. The molecule has 3 heteroatoms. The molecule has 0 nitrogen and oxygen atoms in total. The minimum atomic E-state index is -1.07. The number of hydrogen-bond acceptors (Lipinski definition) is 0.